The third-order valence-corrected chi connectivity index (χ3v) is 5.37. The van der Waals surface area contributed by atoms with Gasteiger partial charge < -0.3 is 9.80 Å². The van der Waals surface area contributed by atoms with Crippen molar-refractivity contribution in [3.63, 3.8) is 0 Å². The molecular weight excluding hydrogens is 314 g/mol. The SMILES string of the molecule is O=C(C1=CC=CN2CCS(=O)(=O)N=C12)N1CCc2ccccc21. The van der Waals surface area contributed by atoms with Gasteiger partial charge in [0.25, 0.3) is 15.9 Å². The number of nitrogens with zero attached hydrogens (tertiary/aromatic N) is 3. The molecule has 0 atom stereocenters. The Hall–Kier alpha value is -2.41. The van der Waals surface area contributed by atoms with E-state index in [2.05, 4.69) is 4.40 Å². The van der Waals surface area contributed by atoms with Gasteiger partial charge in [-0.2, -0.15) is 0 Å². The fraction of sp³-hybridized carbons (Fsp3) is 0.250. The monoisotopic (exact) mass is 329 g/mol. The summed E-state index contributed by atoms with van der Waals surface area (Å²) in [5.74, 6) is -0.0113. The summed E-state index contributed by atoms with van der Waals surface area (Å²) in [5.41, 5.74) is 2.34. The van der Waals surface area contributed by atoms with Gasteiger partial charge in [0.15, 0.2) is 5.84 Å². The molecule has 3 heterocycles. The number of allylic oxidation sites excluding steroid dienone is 2. The lowest BCUT2D eigenvalue weighted by Gasteiger charge is -2.30. The lowest BCUT2D eigenvalue weighted by Crippen LogP contribution is -2.43. The second-order valence-corrected chi connectivity index (χ2v) is 7.41. The summed E-state index contributed by atoms with van der Waals surface area (Å²) in [6, 6.07) is 7.77. The molecule has 118 valence electrons. The molecule has 0 aromatic heterocycles. The lowest BCUT2D eigenvalue weighted by atomic mass is 10.1. The first-order valence-electron chi connectivity index (χ1n) is 7.43. The van der Waals surface area contributed by atoms with Gasteiger partial charge in [0.2, 0.25) is 0 Å². The first kappa shape index (κ1) is 14.2. The van der Waals surface area contributed by atoms with Crippen LogP contribution in [-0.2, 0) is 21.2 Å². The maximum atomic E-state index is 13.0. The Labute approximate surface area is 134 Å². The van der Waals surface area contributed by atoms with Gasteiger partial charge in [-0.3, -0.25) is 4.79 Å². The van der Waals surface area contributed by atoms with Crippen LogP contribution in [0, 0.1) is 0 Å². The van der Waals surface area contributed by atoms with Crippen molar-refractivity contribution in [2.24, 2.45) is 4.40 Å². The van der Waals surface area contributed by atoms with E-state index in [1.165, 1.54) is 0 Å². The molecule has 0 spiro atoms. The van der Waals surface area contributed by atoms with Gasteiger partial charge in [-0.05, 0) is 30.2 Å². The molecule has 0 bridgehead atoms. The zero-order valence-electron chi connectivity index (χ0n) is 12.3. The highest BCUT2D eigenvalue weighted by Crippen LogP contribution is 2.30. The Morgan fingerprint density at radius 3 is 2.87 bits per heavy atom. The van der Waals surface area contributed by atoms with E-state index in [0.29, 0.717) is 18.7 Å². The minimum Gasteiger partial charge on any atom is -0.331 e. The van der Waals surface area contributed by atoms with Crippen LogP contribution >= 0.6 is 0 Å². The summed E-state index contributed by atoms with van der Waals surface area (Å²) >= 11 is 0. The van der Waals surface area contributed by atoms with Gasteiger partial charge >= 0.3 is 0 Å². The number of hydrogen-bond acceptors (Lipinski definition) is 4. The molecule has 1 aromatic carbocycles. The van der Waals surface area contributed by atoms with Crippen molar-refractivity contribution < 1.29 is 13.2 Å². The molecule has 0 fully saturated rings. The average molecular weight is 329 g/mol. The van der Waals surface area contributed by atoms with Crippen LogP contribution in [-0.4, -0.2) is 43.9 Å². The zero-order valence-corrected chi connectivity index (χ0v) is 13.2. The number of carbonyl (C=O) groups is 1. The molecule has 3 aliphatic rings. The molecule has 4 rings (SSSR count). The van der Waals surface area contributed by atoms with Crippen LogP contribution in [0.4, 0.5) is 5.69 Å². The summed E-state index contributed by atoms with van der Waals surface area (Å²) < 4.78 is 27.4. The number of para-hydroxylation sites is 1. The van der Waals surface area contributed by atoms with E-state index >= 15 is 0 Å². The van der Waals surface area contributed by atoms with Gasteiger partial charge in [0.05, 0.1) is 11.3 Å². The molecule has 0 radical (unpaired) electrons. The van der Waals surface area contributed by atoms with Crippen molar-refractivity contribution in [1.82, 2.24) is 4.90 Å². The first-order chi connectivity index (χ1) is 11.1. The van der Waals surface area contributed by atoms with Gasteiger partial charge in [0.1, 0.15) is 0 Å². The summed E-state index contributed by atoms with van der Waals surface area (Å²) in [6.45, 7) is 0.915. The molecule has 1 amide bonds. The number of benzene rings is 1. The third-order valence-electron chi connectivity index (χ3n) is 4.22. The molecule has 0 saturated heterocycles. The zero-order chi connectivity index (χ0) is 16.0. The van der Waals surface area contributed by atoms with E-state index in [1.54, 1.807) is 28.2 Å². The van der Waals surface area contributed by atoms with Crippen molar-refractivity contribution in [1.29, 1.82) is 0 Å². The predicted molar refractivity (Wildman–Crippen MR) is 87.6 cm³/mol. The minimum atomic E-state index is -3.50. The average Bonchev–Trinajstić information content (AvgIpc) is 2.97. The summed E-state index contributed by atoms with van der Waals surface area (Å²) in [7, 11) is -3.50. The molecule has 0 unspecified atom stereocenters. The number of amidine groups is 1. The summed E-state index contributed by atoms with van der Waals surface area (Å²) in [5, 5.41) is 0. The number of anilines is 1. The molecule has 7 heteroatoms. The smallest absolute Gasteiger partial charge is 0.262 e. The van der Waals surface area contributed by atoms with Crippen LogP contribution in [0.2, 0.25) is 0 Å². The highest BCUT2D eigenvalue weighted by atomic mass is 32.2. The number of carbonyl (C=O) groups excluding carboxylic acids is 1. The summed E-state index contributed by atoms with van der Waals surface area (Å²) in [6.07, 6.45) is 5.95. The maximum absolute atomic E-state index is 13.0. The first-order valence-corrected chi connectivity index (χ1v) is 9.04. The van der Waals surface area contributed by atoms with Crippen LogP contribution < -0.4 is 4.90 Å². The van der Waals surface area contributed by atoms with E-state index in [4.69, 9.17) is 0 Å². The Morgan fingerprint density at radius 1 is 1.17 bits per heavy atom. The van der Waals surface area contributed by atoms with Gasteiger partial charge in [-0.1, -0.05) is 18.2 Å². The van der Waals surface area contributed by atoms with E-state index < -0.39 is 10.0 Å². The molecule has 3 aliphatic heterocycles. The topological polar surface area (TPSA) is 70.0 Å². The standard InChI is InChI=1S/C16H15N3O3S/c20-16(19-9-7-12-4-1-2-6-14(12)19)13-5-3-8-18-10-11-23(21,22)17-15(13)18/h1-6,8H,7,9-11H2. The molecular formula is C16H15N3O3S. The molecule has 1 aromatic rings. The molecule has 23 heavy (non-hydrogen) atoms. The van der Waals surface area contributed by atoms with Crippen molar-refractivity contribution in [2.75, 3.05) is 23.7 Å². The van der Waals surface area contributed by atoms with Gasteiger partial charge in [-0.25, -0.2) is 8.42 Å². The number of fused-ring (bicyclic) bond motifs is 2. The Morgan fingerprint density at radius 2 is 2.00 bits per heavy atom. The molecule has 6 nitrogen and oxygen atoms in total. The highest BCUT2D eigenvalue weighted by molar-refractivity contribution is 7.90. The Balaban J connectivity index is 1.73. The quantitative estimate of drug-likeness (QED) is 0.773. The third kappa shape index (κ3) is 2.37. The predicted octanol–water partition coefficient (Wildman–Crippen LogP) is 1.07. The lowest BCUT2D eigenvalue weighted by molar-refractivity contribution is -0.114. The van der Waals surface area contributed by atoms with Crippen molar-refractivity contribution >= 4 is 27.5 Å². The number of sulfonamides is 1. The fourth-order valence-corrected chi connectivity index (χ4v) is 4.06. The van der Waals surface area contributed by atoms with Gasteiger partial charge in [-0.15, -0.1) is 4.40 Å². The normalized spacial score (nSPS) is 21.4. The van der Waals surface area contributed by atoms with Crippen LogP contribution in [0.5, 0.6) is 0 Å². The van der Waals surface area contributed by atoms with E-state index in [-0.39, 0.29) is 17.5 Å². The highest BCUT2D eigenvalue weighted by Gasteiger charge is 2.34. The number of amides is 1. The second-order valence-electron chi connectivity index (χ2n) is 5.65. The van der Waals surface area contributed by atoms with Crippen molar-refractivity contribution in [3.8, 4) is 0 Å². The van der Waals surface area contributed by atoms with Crippen LogP contribution in [0.3, 0.4) is 0 Å². The fourth-order valence-electron chi connectivity index (χ4n) is 3.08. The number of hydrogen-bond donors (Lipinski definition) is 0. The molecule has 0 N–H and O–H groups in total. The Kier molecular flexibility index (Phi) is 3.12. The maximum Gasteiger partial charge on any atom is 0.262 e. The van der Waals surface area contributed by atoms with Gasteiger partial charge in [0, 0.05) is 25.0 Å². The largest absolute Gasteiger partial charge is 0.331 e. The van der Waals surface area contributed by atoms with Crippen molar-refractivity contribution in [2.45, 2.75) is 6.42 Å². The summed E-state index contributed by atoms with van der Waals surface area (Å²) in [4.78, 5) is 16.4. The number of rotatable bonds is 1. The van der Waals surface area contributed by atoms with Crippen molar-refractivity contribution in [3.05, 3.63) is 53.8 Å². The van der Waals surface area contributed by atoms with Crippen LogP contribution in [0.1, 0.15) is 5.56 Å². The minimum absolute atomic E-state index is 0.0329. The second kappa shape index (κ2) is 5.06. The van der Waals surface area contributed by atoms with Crippen LogP contribution in [0.15, 0.2) is 52.6 Å². The van der Waals surface area contributed by atoms with Crippen LogP contribution in [0.25, 0.3) is 0 Å². The molecule has 0 aliphatic carbocycles. The van der Waals surface area contributed by atoms with E-state index in [9.17, 15) is 13.2 Å². The Bertz CT molecular complexity index is 884. The molecule has 0 saturated carbocycles. The van der Waals surface area contributed by atoms with E-state index in [1.807, 2.05) is 24.3 Å². The van der Waals surface area contributed by atoms with E-state index in [0.717, 1.165) is 17.7 Å².